The third-order valence-corrected chi connectivity index (χ3v) is 3.37. The van der Waals surface area contributed by atoms with E-state index >= 15 is 0 Å². The van der Waals surface area contributed by atoms with Crippen LogP contribution < -0.4 is 5.73 Å². The molecule has 4 nitrogen and oxygen atoms in total. The second-order valence-corrected chi connectivity index (χ2v) is 5.05. The smallest absolute Gasteiger partial charge is 0.336 e. The zero-order valence-corrected chi connectivity index (χ0v) is 12.0. The molecule has 0 spiro atoms. The van der Waals surface area contributed by atoms with Crippen LogP contribution in [-0.2, 0) is 4.79 Å². The minimum Gasteiger partial charge on any atom is -0.507 e. The molecule has 0 aromatic heterocycles. The third-order valence-electron chi connectivity index (χ3n) is 2.73. The molecule has 0 heterocycles. The molecule has 0 aliphatic rings. The van der Waals surface area contributed by atoms with Crippen LogP contribution in [0.3, 0.4) is 0 Å². The lowest BCUT2D eigenvalue weighted by Gasteiger charge is -2.05. The highest BCUT2D eigenvalue weighted by molar-refractivity contribution is 9.10. The molecule has 0 fully saturated rings. The van der Waals surface area contributed by atoms with Gasteiger partial charge in [-0.15, -0.1) is 0 Å². The van der Waals surface area contributed by atoms with Gasteiger partial charge in [-0.1, -0.05) is 18.2 Å². The average Bonchev–Trinajstić information content (AvgIpc) is 2.41. The van der Waals surface area contributed by atoms with Crippen molar-refractivity contribution in [3.05, 3.63) is 58.1 Å². The molecule has 0 amide bonds. The quantitative estimate of drug-likeness (QED) is 0.457. The van der Waals surface area contributed by atoms with Gasteiger partial charge in [0.25, 0.3) is 0 Å². The Morgan fingerprint density at radius 3 is 2.35 bits per heavy atom. The predicted octanol–water partition coefficient (Wildman–Crippen LogP) is 3.36. The number of hydrogen-bond donors (Lipinski definition) is 3. The number of phenolic OH excluding ortho intramolecular Hbond substituents is 1. The second-order valence-electron chi connectivity index (χ2n) is 4.20. The van der Waals surface area contributed by atoms with Gasteiger partial charge < -0.3 is 15.9 Å². The Balaban J connectivity index is 2.47. The Hall–Kier alpha value is -2.27. The summed E-state index contributed by atoms with van der Waals surface area (Å²) < 4.78 is 0.508. The number of rotatable bonds is 3. The maximum Gasteiger partial charge on any atom is 0.336 e. The average molecular weight is 334 g/mol. The molecule has 5 heteroatoms. The molecule has 20 heavy (non-hydrogen) atoms. The molecule has 0 aliphatic carbocycles. The van der Waals surface area contributed by atoms with Crippen LogP contribution in [0, 0.1) is 0 Å². The van der Waals surface area contributed by atoms with Gasteiger partial charge in [-0.3, -0.25) is 0 Å². The fourth-order valence-electron chi connectivity index (χ4n) is 1.71. The number of aliphatic carboxylic acids is 1. The van der Waals surface area contributed by atoms with Crippen molar-refractivity contribution in [3.8, 4) is 5.75 Å². The van der Waals surface area contributed by atoms with Gasteiger partial charge in [0.2, 0.25) is 0 Å². The normalized spacial score (nSPS) is 11.3. The zero-order valence-electron chi connectivity index (χ0n) is 10.4. The van der Waals surface area contributed by atoms with E-state index in [1.165, 1.54) is 12.1 Å². The van der Waals surface area contributed by atoms with E-state index in [0.29, 0.717) is 21.3 Å². The van der Waals surface area contributed by atoms with Gasteiger partial charge >= 0.3 is 5.97 Å². The van der Waals surface area contributed by atoms with Crippen LogP contribution in [0.25, 0.3) is 11.6 Å². The largest absolute Gasteiger partial charge is 0.507 e. The van der Waals surface area contributed by atoms with Crippen molar-refractivity contribution < 1.29 is 15.0 Å². The summed E-state index contributed by atoms with van der Waals surface area (Å²) in [6.07, 6.45) is 1.54. The number of phenols is 1. The Bertz CT molecular complexity index is 678. The molecule has 2 aromatic carbocycles. The molecule has 102 valence electrons. The number of anilines is 1. The van der Waals surface area contributed by atoms with Gasteiger partial charge in [0.15, 0.2) is 0 Å². The summed E-state index contributed by atoms with van der Waals surface area (Å²) in [4.78, 5) is 11.4. The predicted molar refractivity (Wildman–Crippen MR) is 82.2 cm³/mol. The lowest BCUT2D eigenvalue weighted by molar-refractivity contribution is -0.130. The topological polar surface area (TPSA) is 83.5 Å². The van der Waals surface area contributed by atoms with Gasteiger partial charge in [0.1, 0.15) is 5.75 Å². The first-order chi connectivity index (χ1) is 9.47. The van der Waals surface area contributed by atoms with Crippen LogP contribution in [0.2, 0.25) is 0 Å². The van der Waals surface area contributed by atoms with Crippen molar-refractivity contribution in [1.29, 1.82) is 0 Å². The Labute approximate surface area is 124 Å². The summed E-state index contributed by atoms with van der Waals surface area (Å²) in [5.74, 6) is -0.925. The molecular formula is C15H12BrNO3. The van der Waals surface area contributed by atoms with E-state index in [1.807, 2.05) is 0 Å². The van der Waals surface area contributed by atoms with E-state index in [-0.39, 0.29) is 11.3 Å². The number of nitrogens with two attached hydrogens (primary N) is 1. The number of halogens is 1. The van der Waals surface area contributed by atoms with Crippen molar-refractivity contribution in [3.63, 3.8) is 0 Å². The number of carboxylic acids is 1. The van der Waals surface area contributed by atoms with Crippen molar-refractivity contribution in [2.24, 2.45) is 0 Å². The second kappa shape index (κ2) is 5.79. The maximum absolute atomic E-state index is 11.4. The minimum absolute atomic E-state index is 0.103. The Kier molecular flexibility index (Phi) is 4.10. The zero-order chi connectivity index (χ0) is 14.7. The molecule has 0 aliphatic heterocycles. The lowest BCUT2D eigenvalue weighted by atomic mass is 10.0. The van der Waals surface area contributed by atoms with Gasteiger partial charge in [-0.05, 0) is 57.4 Å². The van der Waals surface area contributed by atoms with E-state index in [1.54, 1.807) is 36.4 Å². The Morgan fingerprint density at radius 1 is 1.15 bits per heavy atom. The number of hydrogen-bond acceptors (Lipinski definition) is 3. The maximum atomic E-state index is 11.4. The summed E-state index contributed by atoms with van der Waals surface area (Å²) >= 11 is 3.20. The molecule has 2 rings (SSSR count). The first-order valence-electron chi connectivity index (χ1n) is 5.77. The molecular weight excluding hydrogens is 322 g/mol. The molecule has 0 radical (unpaired) electrons. The van der Waals surface area contributed by atoms with Crippen molar-refractivity contribution in [2.75, 3.05) is 5.73 Å². The number of benzene rings is 2. The highest BCUT2D eigenvalue weighted by Gasteiger charge is 2.10. The highest BCUT2D eigenvalue weighted by Crippen LogP contribution is 2.27. The number of nitrogen functional groups attached to an aromatic ring is 1. The van der Waals surface area contributed by atoms with Gasteiger partial charge in [0, 0.05) is 5.69 Å². The number of aromatic hydroxyl groups is 1. The van der Waals surface area contributed by atoms with E-state index < -0.39 is 5.97 Å². The van der Waals surface area contributed by atoms with Crippen molar-refractivity contribution in [1.82, 2.24) is 0 Å². The molecule has 0 saturated heterocycles. The lowest BCUT2D eigenvalue weighted by Crippen LogP contribution is -2.00. The monoisotopic (exact) mass is 333 g/mol. The third kappa shape index (κ3) is 3.19. The molecule has 0 saturated carbocycles. The van der Waals surface area contributed by atoms with Crippen molar-refractivity contribution >= 4 is 39.2 Å². The molecule has 4 N–H and O–H groups in total. The fourth-order valence-corrected chi connectivity index (χ4v) is 2.11. The SMILES string of the molecule is Nc1ccc(/C(=C/c2ccc(O)c(Br)c2)C(=O)O)cc1. The first kappa shape index (κ1) is 14.1. The standard InChI is InChI=1S/C15H12BrNO3/c16-13-8-9(1-6-14(13)18)7-12(15(19)20)10-2-4-11(17)5-3-10/h1-8,18H,17H2,(H,19,20)/b12-7-. The summed E-state index contributed by atoms with van der Waals surface area (Å²) in [7, 11) is 0. The van der Waals surface area contributed by atoms with E-state index in [2.05, 4.69) is 15.9 Å². The van der Waals surface area contributed by atoms with E-state index in [4.69, 9.17) is 5.73 Å². The Morgan fingerprint density at radius 2 is 1.80 bits per heavy atom. The number of carboxylic acid groups (broad SMARTS) is 1. The van der Waals surface area contributed by atoms with Crippen LogP contribution in [0.15, 0.2) is 46.9 Å². The molecule has 0 bridgehead atoms. The van der Waals surface area contributed by atoms with E-state index in [0.717, 1.165) is 0 Å². The van der Waals surface area contributed by atoms with Crippen LogP contribution in [0.1, 0.15) is 11.1 Å². The van der Waals surface area contributed by atoms with Crippen LogP contribution >= 0.6 is 15.9 Å². The van der Waals surface area contributed by atoms with Gasteiger partial charge in [0.05, 0.1) is 10.0 Å². The van der Waals surface area contributed by atoms with Crippen LogP contribution in [-0.4, -0.2) is 16.2 Å². The van der Waals surface area contributed by atoms with Crippen molar-refractivity contribution in [2.45, 2.75) is 0 Å². The van der Waals surface area contributed by atoms with Gasteiger partial charge in [-0.2, -0.15) is 0 Å². The summed E-state index contributed by atoms with van der Waals surface area (Å²) in [5, 5.41) is 18.8. The first-order valence-corrected chi connectivity index (χ1v) is 6.56. The molecule has 2 aromatic rings. The van der Waals surface area contributed by atoms with Gasteiger partial charge in [-0.25, -0.2) is 4.79 Å². The summed E-state index contributed by atoms with van der Waals surface area (Å²) in [5.41, 5.74) is 7.56. The summed E-state index contributed by atoms with van der Waals surface area (Å²) in [6.45, 7) is 0. The summed E-state index contributed by atoms with van der Waals surface area (Å²) in [6, 6.07) is 11.4. The van der Waals surface area contributed by atoms with Crippen LogP contribution in [0.4, 0.5) is 5.69 Å². The van der Waals surface area contributed by atoms with Crippen LogP contribution in [0.5, 0.6) is 5.75 Å². The highest BCUT2D eigenvalue weighted by atomic mass is 79.9. The number of carbonyl (C=O) groups is 1. The fraction of sp³-hybridized carbons (Fsp3) is 0. The molecule has 0 unspecified atom stereocenters. The molecule has 0 atom stereocenters. The minimum atomic E-state index is -1.03. The van der Waals surface area contributed by atoms with E-state index in [9.17, 15) is 15.0 Å².